The molecule has 6 nitrogen and oxygen atoms in total. The van der Waals surface area contributed by atoms with E-state index in [-0.39, 0.29) is 12.6 Å². The van der Waals surface area contributed by atoms with Gasteiger partial charge in [-0.2, -0.15) is 0 Å². The minimum absolute atomic E-state index is 0.205. The molecule has 24 heavy (non-hydrogen) atoms. The van der Waals surface area contributed by atoms with Crippen molar-refractivity contribution in [2.75, 3.05) is 49.1 Å². The normalized spacial score (nSPS) is 26.5. The van der Waals surface area contributed by atoms with Crippen LogP contribution in [0.25, 0.3) is 0 Å². The Kier molecular flexibility index (Phi) is 4.85. The number of nitrogens with zero attached hydrogens (tertiary/aromatic N) is 5. The van der Waals surface area contributed by atoms with Gasteiger partial charge >= 0.3 is 0 Å². The Morgan fingerprint density at radius 3 is 2.62 bits per heavy atom. The summed E-state index contributed by atoms with van der Waals surface area (Å²) in [5.74, 6) is 2.02. The molecule has 1 atom stereocenters. The van der Waals surface area contributed by atoms with Gasteiger partial charge in [0.15, 0.2) is 0 Å². The molecular weight excluding hydrogens is 302 g/mol. The van der Waals surface area contributed by atoms with Crippen LogP contribution < -0.4 is 9.80 Å². The van der Waals surface area contributed by atoms with Crippen molar-refractivity contribution in [2.45, 2.75) is 50.6 Å². The summed E-state index contributed by atoms with van der Waals surface area (Å²) in [6.45, 7) is 5.68. The van der Waals surface area contributed by atoms with E-state index in [2.05, 4.69) is 30.7 Å². The third-order valence-electron chi connectivity index (χ3n) is 5.69. The molecule has 4 rings (SSSR count). The lowest BCUT2D eigenvalue weighted by atomic mass is 10.0. The highest BCUT2D eigenvalue weighted by Crippen LogP contribution is 2.29. The van der Waals surface area contributed by atoms with E-state index in [1.54, 1.807) is 6.33 Å². The lowest BCUT2D eigenvalue weighted by Gasteiger charge is -2.36. The highest BCUT2D eigenvalue weighted by molar-refractivity contribution is 5.51. The Hall–Kier alpha value is -1.40. The number of hydrogen-bond donors (Lipinski definition) is 1. The van der Waals surface area contributed by atoms with Crippen molar-refractivity contribution in [1.82, 2.24) is 14.9 Å². The molecule has 3 aliphatic rings. The zero-order chi connectivity index (χ0) is 16.4. The first-order chi connectivity index (χ1) is 11.8. The van der Waals surface area contributed by atoms with Gasteiger partial charge in [0.25, 0.3) is 0 Å². The fraction of sp³-hybridized carbons (Fsp3) is 0.778. The predicted molar refractivity (Wildman–Crippen MR) is 95.5 cm³/mol. The third kappa shape index (κ3) is 3.49. The van der Waals surface area contributed by atoms with Gasteiger partial charge in [-0.1, -0.05) is 0 Å². The summed E-state index contributed by atoms with van der Waals surface area (Å²) in [6, 6.07) is 3.18. The van der Waals surface area contributed by atoms with Gasteiger partial charge in [-0.05, 0) is 38.5 Å². The molecular formula is C18H29N5O. The van der Waals surface area contributed by atoms with E-state index in [1.165, 1.54) is 38.6 Å². The molecule has 1 aromatic heterocycles. The average molecular weight is 331 g/mol. The standard InChI is InChI=1S/C18H29N5O/c24-13-16-4-1-2-9-23(16)18-12-17(19-14-20-18)22-8-3-7-21(10-11-22)15-5-6-15/h12,14-16,24H,1-11,13H2. The number of piperidine rings is 1. The Bertz CT molecular complexity index is 550. The summed E-state index contributed by atoms with van der Waals surface area (Å²) in [5.41, 5.74) is 0. The van der Waals surface area contributed by atoms with Crippen molar-refractivity contribution >= 4 is 11.6 Å². The number of aromatic nitrogens is 2. The highest BCUT2D eigenvalue weighted by Gasteiger charge is 2.30. The lowest BCUT2D eigenvalue weighted by Crippen LogP contribution is -2.42. The Morgan fingerprint density at radius 2 is 1.79 bits per heavy atom. The van der Waals surface area contributed by atoms with Crippen molar-refractivity contribution in [3.63, 3.8) is 0 Å². The quantitative estimate of drug-likeness (QED) is 0.902. The third-order valence-corrected chi connectivity index (χ3v) is 5.69. The minimum Gasteiger partial charge on any atom is -0.394 e. The fourth-order valence-corrected chi connectivity index (χ4v) is 4.13. The number of hydrogen-bond acceptors (Lipinski definition) is 6. The topological polar surface area (TPSA) is 55.7 Å². The molecule has 0 radical (unpaired) electrons. The smallest absolute Gasteiger partial charge is 0.134 e. The summed E-state index contributed by atoms with van der Waals surface area (Å²) in [7, 11) is 0. The summed E-state index contributed by atoms with van der Waals surface area (Å²) in [5, 5.41) is 9.66. The minimum atomic E-state index is 0.205. The van der Waals surface area contributed by atoms with Crippen molar-refractivity contribution in [3.8, 4) is 0 Å². The Labute approximate surface area is 144 Å². The van der Waals surface area contributed by atoms with E-state index in [1.807, 2.05) is 0 Å². The first-order valence-electron chi connectivity index (χ1n) is 9.53. The van der Waals surface area contributed by atoms with Gasteiger partial charge in [0.2, 0.25) is 0 Å². The van der Waals surface area contributed by atoms with Crippen LogP contribution in [0, 0.1) is 0 Å². The molecule has 1 unspecified atom stereocenters. The maximum atomic E-state index is 9.66. The molecule has 3 fully saturated rings. The molecule has 1 N–H and O–H groups in total. The second kappa shape index (κ2) is 7.23. The zero-order valence-electron chi connectivity index (χ0n) is 14.5. The van der Waals surface area contributed by atoms with Crippen LogP contribution in [-0.2, 0) is 0 Å². The number of aliphatic hydroxyl groups excluding tert-OH is 1. The predicted octanol–water partition coefficient (Wildman–Crippen LogP) is 1.50. The van der Waals surface area contributed by atoms with Crippen LogP contribution in [0.5, 0.6) is 0 Å². The monoisotopic (exact) mass is 331 g/mol. The molecule has 3 heterocycles. The Morgan fingerprint density at radius 1 is 0.917 bits per heavy atom. The van der Waals surface area contributed by atoms with Crippen LogP contribution in [0.4, 0.5) is 11.6 Å². The largest absolute Gasteiger partial charge is 0.394 e. The van der Waals surface area contributed by atoms with Gasteiger partial charge < -0.3 is 14.9 Å². The lowest BCUT2D eigenvalue weighted by molar-refractivity contribution is 0.239. The number of aliphatic hydroxyl groups is 1. The molecule has 6 heteroatoms. The first-order valence-corrected chi connectivity index (χ1v) is 9.53. The molecule has 1 aliphatic carbocycles. The average Bonchev–Trinajstić information content (AvgIpc) is 3.48. The molecule has 2 aliphatic heterocycles. The van der Waals surface area contributed by atoms with Crippen LogP contribution in [0.15, 0.2) is 12.4 Å². The van der Waals surface area contributed by atoms with Crippen LogP contribution in [-0.4, -0.2) is 71.4 Å². The Balaban J connectivity index is 1.47. The zero-order valence-corrected chi connectivity index (χ0v) is 14.5. The SMILES string of the molecule is OCC1CCCCN1c1cc(N2CCCN(C3CC3)CC2)ncn1. The van der Waals surface area contributed by atoms with Gasteiger partial charge in [0, 0.05) is 44.8 Å². The summed E-state index contributed by atoms with van der Waals surface area (Å²) >= 11 is 0. The summed E-state index contributed by atoms with van der Waals surface area (Å²) in [6.07, 6.45) is 9.09. The molecule has 1 aromatic rings. The van der Waals surface area contributed by atoms with Gasteiger partial charge in [-0.15, -0.1) is 0 Å². The molecule has 132 valence electrons. The van der Waals surface area contributed by atoms with E-state index < -0.39 is 0 Å². The van der Waals surface area contributed by atoms with E-state index in [0.29, 0.717) is 0 Å². The first kappa shape index (κ1) is 16.1. The number of rotatable bonds is 4. The van der Waals surface area contributed by atoms with Crippen LogP contribution in [0.2, 0.25) is 0 Å². The summed E-state index contributed by atoms with van der Waals surface area (Å²) < 4.78 is 0. The second-order valence-corrected chi connectivity index (χ2v) is 7.37. The van der Waals surface area contributed by atoms with Crippen LogP contribution in [0.3, 0.4) is 0 Å². The van der Waals surface area contributed by atoms with E-state index >= 15 is 0 Å². The van der Waals surface area contributed by atoms with Gasteiger partial charge in [-0.3, -0.25) is 4.90 Å². The van der Waals surface area contributed by atoms with Crippen molar-refractivity contribution in [1.29, 1.82) is 0 Å². The van der Waals surface area contributed by atoms with Crippen LogP contribution >= 0.6 is 0 Å². The van der Waals surface area contributed by atoms with E-state index in [9.17, 15) is 5.11 Å². The van der Waals surface area contributed by atoms with Gasteiger partial charge in [-0.25, -0.2) is 9.97 Å². The second-order valence-electron chi connectivity index (χ2n) is 7.37. The van der Waals surface area contributed by atoms with Crippen molar-refractivity contribution in [3.05, 3.63) is 12.4 Å². The number of anilines is 2. The maximum absolute atomic E-state index is 9.66. The van der Waals surface area contributed by atoms with Crippen molar-refractivity contribution < 1.29 is 5.11 Å². The van der Waals surface area contributed by atoms with Crippen LogP contribution in [0.1, 0.15) is 38.5 Å². The van der Waals surface area contributed by atoms with Gasteiger partial charge in [0.05, 0.1) is 12.6 Å². The molecule has 0 bridgehead atoms. The maximum Gasteiger partial charge on any atom is 0.134 e. The van der Waals surface area contributed by atoms with E-state index in [4.69, 9.17) is 0 Å². The molecule has 0 aromatic carbocycles. The van der Waals surface area contributed by atoms with E-state index in [0.717, 1.165) is 50.3 Å². The summed E-state index contributed by atoms with van der Waals surface area (Å²) in [4.78, 5) is 16.4. The molecule has 2 saturated heterocycles. The molecule has 0 amide bonds. The van der Waals surface area contributed by atoms with Crippen molar-refractivity contribution in [2.24, 2.45) is 0 Å². The van der Waals surface area contributed by atoms with Gasteiger partial charge in [0.1, 0.15) is 18.0 Å². The fourth-order valence-electron chi connectivity index (χ4n) is 4.13. The highest BCUT2D eigenvalue weighted by atomic mass is 16.3. The molecule has 1 saturated carbocycles. The molecule has 0 spiro atoms.